The second-order valence-electron chi connectivity index (χ2n) is 4.68. The largest absolute Gasteiger partial charge is 0.399 e. The first-order valence-corrected chi connectivity index (χ1v) is 6.43. The second kappa shape index (κ2) is 5.06. The molecule has 0 unspecified atom stereocenters. The molecule has 0 radical (unpaired) electrons. The molecule has 0 amide bonds. The topological polar surface area (TPSA) is 67.6 Å². The van der Waals surface area contributed by atoms with Crippen LogP contribution < -0.4 is 5.73 Å². The Labute approximate surface area is 117 Å². The smallest absolute Gasteiger partial charge is 0.124 e. The molecule has 0 spiro atoms. The Bertz CT molecular complexity index is 796. The summed E-state index contributed by atoms with van der Waals surface area (Å²) in [7, 11) is 0. The maximum absolute atomic E-state index is 8.96. The van der Waals surface area contributed by atoms with Gasteiger partial charge in [-0.3, -0.25) is 0 Å². The van der Waals surface area contributed by atoms with E-state index in [0.29, 0.717) is 13.0 Å². The maximum Gasteiger partial charge on any atom is 0.124 e. The fourth-order valence-corrected chi connectivity index (χ4v) is 2.38. The SMILES string of the molecule is N#CCc1nc2ccccc2n1Cc1cccc(N)c1. The number of imidazole rings is 1. The Morgan fingerprint density at radius 2 is 2.00 bits per heavy atom. The Kier molecular flexibility index (Phi) is 3.10. The number of nitrogens with zero attached hydrogens (tertiary/aromatic N) is 3. The van der Waals surface area contributed by atoms with E-state index in [1.165, 1.54) is 0 Å². The van der Waals surface area contributed by atoms with E-state index in [4.69, 9.17) is 11.0 Å². The molecule has 1 aromatic heterocycles. The molecule has 1 heterocycles. The van der Waals surface area contributed by atoms with Gasteiger partial charge in [0.25, 0.3) is 0 Å². The van der Waals surface area contributed by atoms with Crippen molar-refractivity contribution >= 4 is 16.7 Å². The van der Waals surface area contributed by atoms with E-state index in [2.05, 4.69) is 15.6 Å². The zero-order valence-electron chi connectivity index (χ0n) is 11.0. The van der Waals surface area contributed by atoms with Crippen molar-refractivity contribution in [1.29, 1.82) is 5.26 Å². The van der Waals surface area contributed by atoms with Crippen molar-refractivity contribution in [2.75, 3.05) is 5.73 Å². The molecular formula is C16H14N4. The third-order valence-electron chi connectivity index (χ3n) is 3.26. The molecule has 20 heavy (non-hydrogen) atoms. The van der Waals surface area contributed by atoms with Crippen LogP contribution in [0.2, 0.25) is 0 Å². The van der Waals surface area contributed by atoms with Crippen molar-refractivity contribution in [3.05, 3.63) is 59.9 Å². The number of hydrogen-bond donors (Lipinski definition) is 1. The molecule has 0 fully saturated rings. The van der Waals surface area contributed by atoms with E-state index < -0.39 is 0 Å². The van der Waals surface area contributed by atoms with Gasteiger partial charge in [-0.1, -0.05) is 24.3 Å². The van der Waals surface area contributed by atoms with Gasteiger partial charge in [-0.2, -0.15) is 5.26 Å². The van der Waals surface area contributed by atoms with Gasteiger partial charge < -0.3 is 10.3 Å². The Hall–Kier alpha value is -2.80. The van der Waals surface area contributed by atoms with Gasteiger partial charge in [-0.25, -0.2) is 4.98 Å². The minimum atomic E-state index is 0.303. The molecule has 0 saturated heterocycles. The van der Waals surface area contributed by atoms with Crippen LogP contribution in [0.4, 0.5) is 5.69 Å². The van der Waals surface area contributed by atoms with Crippen molar-refractivity contribution in [3.8, 4) is 6.07 Å². The molecule has 2 aromatic carbocycles. The lowest BCUT2D eigenvalue weighted by atomic mass is 10.2. The lowest BCUT2D eigenvalue weighted by molar-refractivity contribution is 0.770. The van der Waals surface area contributed by atoms with E-state index in [-0.39, 0.29) is 0 Å². The third-order valence-corrected chi connectivity index (χ3v) is 3.26. The number of aromatic nitrogens is 2. The molecule has 0 saturated carbocycles. The number of nitrogen functional groups attached to an aromatic ring is 1. The maximum atomic E-state index is 8.96. The summed E-state index contributed by atoms with van der Waals surface area (Å²) in [4.78, 5) is 4.53. The molecule has 3 aromatic rings. The monoisotopic (exact) mass is 262 g/mol. The number of para-hydroxylation sites is 2. The van der Waals surface area contributed by atoms with Gasteiger partial charge in [0, 0.05) is 12.2 Å². The van der Waals surface area contributed by atoms with Gasteiger partial charge in [0.15, 0.2) is 0 Å². The van der Waals surface area contributed by atoms with Gasteiger partial charge in [-0.05, 0) is 29.8 Å². The number of nitriles is 1. The highest BCUT2D eigenvalue weighted by Crippen LogP contribution is 2.19. The van der Waals surface area contributed by atoms with Crippen LogP contribution in [0.1, 0.15) is 11.4 Å². The number of hydrogen-bond acceptors (Lipinski definition) is 3. The van der Waals surface area contributed by atoms with Crippen LogP contribution in [0.3, 0.4) is 0 Å². The molecule has 2 N–H and O–H groups in total. The van der Waals surface area contributed by atoms with Gasteiger partial charge >= 0.3 is 0 Å². The van der Waals surface area contributed by atoms with Crippen molar-refractivity contribution in [1.82, 2.24) is 9.55 Å². The molecule has 98 valence electrons. The summed E-state index contributed by atoms with van der Waals surface area (Å²) in [5, 5.41) is 8.96. The molecule has 0 aliphatic carbocycles. The molecular weight excluding hydrogens is 248 g/mol. The summed E-state index contributed by atoms with van der Waals surface area (Å²) in [6.07, 6.45) is 0.303. The molecule has 0 bridgehead atoms. The highest BCUT2D eigenvalue weighted by atomic mass is 15.1. The second-order valence-corrected chi connectivity index (χ2v) is 4.68. The average molecular weight is 262 g/mol. The Balaban J connectivity index is 2.09. The normalized spacial score (nSPS) is 10.6. The number of nitrogens with two attached hydrogens (primary N) is 1. The van der Waals surface area contributed by atoms with Gasteiger partial charge in [0.1, 0.15) is 5.82 Å². The lowest BCUT2D eigenvalue weighted by Gasteiger charge is -2.08. The standard InChI is InChI=1S/C16H14N4/c17-9-8-16-19-14-6-1-2-7-15(14)20(16)11-12-4-3-5-13(18)10-12/h1-7,10H,8,11,18H2. The van der Waals surface area contributed by atoms with E-state index in [9.17, 15) is 0 Å². The minimum Gasteiger partial charge on any atom is -0.399 e. The summed E-state index contributed by atoms with van der Waals surface area (Å²) in [6, 6.07) is 17.9. The van der Waals surface area contributed by atoms with Gasteiger partial charge in [0.2, 0.25) is 0 Å². The van der Waals surface area contributed by atoms with Crippen molar-refractivity contribution in [2.45, 2.75) is 13.0 Å². The van der Waals surface area contributed by atoms with Crippen LogP contribution >= 0.6 is 0 Å². The number of fused-ring (bicyclic) bond motifs is 1. The molecule has 4 nitrogen and oxygen atoms in total. The first kappa shape index (κ1) is 12.2. The Morgan fingerprint density at radius 3 is 2.80 bits per heavy atom. The van der Waals surface area contributed by atoms with Crippen LogP contribution in [-0.2, 0) is 13.0 Å². The fourth-order valence-electron chi connectivity index (χ4n) is 2.38. The fraction of sp³-hybridized carbons (Fsp3) is 0.125. The molecule has 0 aliphatic heterocycles. The van der Waals surface area contributed by atoms with Crippen LogP contribution in [0, 0.1) is 11.3 Å². The third kappa shape index (κ3) is 2.21. The van der Waals surface area contributed by atoms with E-state index in [1.54, 1.807) is 0 Å². The van der Waals surface area contributed by atoms with E-state index in [1.807, 2.05) is 48.5 Å². The summed E-state index contributed by atoms with van der Waals surface area (Å²) < 4.78 is 2.08. The first-order chi connectivity index (χ1) is 9.78. The first-order valence-electron chi connectivity index (χ1n) is 6.43. The number of rotatable bonds is 3. The zero-order valence-corrected chi connectivity index (χ0v) is 11.0. The summed E-state index contributed by atoms with van der Waals surface area (Å²) in [5.41, 5.74) is 9.63. The number of anilines is 1. The molecule has 4 heteroatoms. The predicted octanol–water partition coefficient (Wildman–Crippen LogP) is 2.73. The quantitative estimate of drug-likeness (QED) is 0.738. The predicted molar refractivity (Wildman–Crippen MR) is 79.0 cm³/mol. The summed E-state index contributed by atoms with van der Waals surface area (Å²) in [5.74, 6) is 0.788. The zero-order chi connectivity index (χ0) is 13.9. The number of benzene rings is 2. The van der Waals surface area contributed by atoms with Crippen LogP contribution in [0.25, 0.3) is 11.0 Å². The van der Waals surface area contributed by atoms with E-state index >= 15 is 0 Å². The van der Waals surface area contributed by atoms with Gasteiger partial charge in [0.05, 0.1) is 23.5 Å². The Morgan fingerprint density at radius 1 is 1.15 bits per heavy atom. The van der Waals surface area contributed by atoms with E-state index in [0.717, 1.165) is 28.1 Å². The molecule has 0 aliphatic rings. The minimum absolute atomic E-state index is 0.303. The van der Waals surface area contributed by atoms with Crippen molar-refractivity contribution in [2.24, 2.45) is 0 Å². The van der Waals surface area contributed by atoms with Crippen LogP contribution in [0.15, 0.2) is 48.5 Å². The highest BCUT2D eigenvalue weighted by molar-refractivity contribution is 5.76. The highest BCUT2D eigenvalue weighted by Gasteiger charge is 2.10. The van der Waals surface area contributed by atoms with Crippen LogP contribution in [0.5, 0.6) is 0 Å². The van der Waals surface area contributed by atoms with Crippen molar-refractivity contribution in [3.63, 3.8) is 0 Å². The average Bonchev–Trinajstić information content (AvgIpc) is 2.78. The molecule has 0 atom stereocenters. The summed E-state index contributed by atoms with van der Waals surface area (Å²) >= 11 is 0. The van der Waals surface area contributed by atoms with Crippen molar-refractivity contribution < 1.29 is 0 Å². The van der Waals surface area contributed by atoms with Crippen LogP contribution in [-0.4, -0.2) is 9.55 Å². The van der Waals surface area contributed by atoms with Gasteiger partial charge in [-0.15, -0.1) is 0 Å². The summed E-state index contributed by atoms with van der Waals surface area (Å²) in [6.45, 7) is 0.669. The molecule has 3 rings (SSSR count). The lowest BCUT2D eigenvalue weighted by Crippen LogP contribution is -2.05.